The van der Waals surface area contributed by atoms with Gasteiger partial charge in [0.2, 0.25) is 5.89 Å². The number of nitrogens with zero attached hydrogens (tertiary/aromatic N) is 5. The van der Waals surface area contributed by atoms with Gasteiger partial charge in [0.25, 0.3) is 0 Å². The fraction of sp³-hybridized carbons (Fsp3) is 0.667. The number of aryl methyl sites for hydroxylation is 4. The second-order valence-corrected chi connectivity index (χ2v) is 5.87. The molecule has 2 aromatic rings. The summed E-state index contributed by atoms with van der Waals surface area (Å²) in [5, 5.41) is 4.40. The lowest BCUT2D eigenvalue weighted by Gasteiger charge is -2.32. The summed E-state index contributed by atoms with van der Waals surface area (Å²) in [5.74, 6) is 3.41. The van der Waals surface area contributed by atoms with Crippen molar-refractivity contribution in [3.05, 3.63) is 29.0 Å². The molecular weight excluding hydrogens is 282 g/mol. The lowest BCUT2D eigenvalue weighted by molar-refractivity contribution is -0.0426. The highest BCUT2D eigenvalue weighted by Gasteiger charge is 2.23. The van der Waals surface area contributed by atoms with Crippen molar-refractivity contribution in [2.45, 2.75) is 46.9 Å². The third-order valence-electron chi connectivity index (χ3n) is 3.99. The predicted molar refractivity (Wildman–Crippen MR) is 80.5 cm³/mol. The largest absolute Gasteiger partial charge is 0.444 e. The predicted octanol–water partition coefficient (Wildman–Crippen LogP) is 1.40. The highest BCUT2D eigenvalue weighted by molar-refractivity contribution is 5.05. The van der Waals surface area contributed by atoms with Crippen LogP contribution in [0.3, 0.4) is 0 Å². The van der Waals surface area contributed by atoms with Crippen LogP contribution in [0, 0.1) is 27.7 Å². The number of hydrogen-bond acceptors (Lipinski definition) is 6. The van der Waals surface area contributed by atoms with E-state index in [0.717, 1.165) is 61.8 Å². The topological polar surface area (TPSA) is 69.2 Å². The molecule has 0 unspecified atom stereocenters. The number of morpholine rings is 1. The van der Waals surface area contributed by atoms with Crippen LogP contribution in [0.25, 0.3) is 0 Å². The van der Waals surface area contributed by atoms with Crippen LogP contribution < -0.4 is 0 Å². The molecule has 120 valence electrons. The minimum absolute atomic E-state index is 0.116. The molecular formula is C15H23N5O2. The lowest BCUT2D eigenvalue weighted by atomic mass is 10.2. The van der Waals surface area contributed by atoms with E-state index in [9.17, 15) is 0 Å². The molecule has 1 fully saturated rings. The molecule has 0 aliphatic carbocycles. The average molecular weight is 305 g/mol. The van der Waals surface area contributed by atoms with E-state index in [1.807, 2.05) is 32.4 Å². The molecule has 0 aromatic carbocycles. The van der Waals surface area contributed by atoms with Crippen molar-refractivity contribution in [3.63, 3.8) is 0 Å². The molecule has 1 aliphatic heterocycles. The lowest BCUT2D eigenvalue weighted by Crippen LogP contribution is -2.44. The van der Waals surface area contributed by atoms with E-state index in [1.54, 1.807) is 0 Å². The Kier molecular flexibility index (Phi) is 4.26. The van der Waals surface area contributed by atoms with E-state index in [2.05, 4.69) is 20.0 Å². The molecule has 0 bridgehead atoms. The molecule has 1 atom stereocenters. The van der Waals surface area contributed by atoms with Crippen LogP contribution in [-0.2, 0) is 17.8 Å². The van der Waals surface area contributed by atoms with Crippen molar-refractivity contribution in [2.75, 3.05) is 19.7 Å². The molecule has 0 N–H and O–H groups in total. The number of rotatable bonds is 4. The average Bonchev–Trinajstić information content (AvgIpc) is 2.92. The van der Waals surface area contributed by atoms with Crippen LogP contribution in [0.2, 0.25) is 0 Å². The molecule has 3 rings (SSSR count). The number of hydrogen-bond donors (Lipinski definition) is 0. The van der Waals surface area contributed by atoms with Gasteiger partial charge in [0.05, 0.1) is 31.5 Å². The Morgan fingerprint density at radius 1 is 1.18 bits per heavy atom. The molecule has 22 heavy (non-hydrogen) atoms. The summed E-state index contributed by atoms with van der Waals surface area (Å²) in [6, 6.07) is 0. The Labute approximate surface area is 130 Å². The standard InChI is InChI=1S/C15H23N5O2/c1-10-11(2)22-15(16-10)9-19-5-6-21-14(7-19)8-20-13(4)17-12(3)18-20/h14H,5-9H2,1-4H3/t14-/m1/s1. The van der Waals surface area contributed by atoms with Gasteiger partial charge in [0, 0.05) is 13.1 Å². The second kappa shape index (κ2) is 6.18. The number of ether oxygens (including phenoxy) is 1. The molecule has 0 saturated carbocycles. The zero-order valence-electron chi connectivity index (χ0n) is 13.7. The van der Waals surface area contributed by atoms with Crippen LogP contribution in [0.1, 0.15) is 29.0 Å². The molecule has 3 heterocycles. The quantitative estimate of drug-likeness (QED) is 0.850. The Morgan fingerprint density at radius 3 is 2.64 bits per heavy atom. The van der Waals surface area contributed by atoms with E-state index in [4.69, 9.17) is 9.15 Å². The minimum atomic E-state index is 0.116. The summed E-state index contributed by atoms with van der Waals surface area (Å²) in [5.41, 5.74) is 0.966. The van der Waals surface area contributed by atoms with Crippen molar-refractivity contribution in [2.24, 2.45) is 0 Å². The third-order valence-corrected chi connectivity index (χ3v) is 3.99. The van der Waals surface area contributed by atoms with E-state index < -0.39 is 0 Å². The molecule has 1 aliphatic rings. The van der Waals surface area contributed by atoms with Crippen molar-refractivity contribution < 1.29 is 9.15 Å². The van der Waals surface area contributed by atoms with E-state index in [-0.39, 0.29) is 6.10 Å². The van der Waals surface area contributed by atoms with Gasteiger partial charge in [-0.2, -0.15) is 5.10 Å². The molecule has 7 heteroatoms. The maximum Gasteiger partial charge on any atom is 0.208 e. The first-order chi connectivity index (χ1) is 10.5. The van der Waals surface area contributed by atoms with Gasteiger partial charge in [0.1, 0.15) is 17.4 Å². The van der Waals surface area contributed by atoms with Crippen LogP contribution in [0.15, 0.2) is 4.42 Å². The SMILES string of the molecule is Cc1nc(C)n(C[C@H]2CN(Cc3nc(C)c(C)o3)CCO2)n1. The third kappa shape index (κ3) is 3.36. The molecule has 7 nitrogen and oxygen atoms in total. The number of aromatic nitrogens is 4. The van der Waals surface area contributed by atoms with Gasteiger partial charge in [-0.1, -0.05) is 0 Å². The van der Waals surface area contributed by atoms with Crippen LogP contribution in [-0.4, -0.2) is 50.4 Å². The highest BCUT2D eigenvalue weighted by atomic mass is 16.5. The van der Waals surface area contributed by atoms with Gasteiger partial charge in [-0.3, -0.25) is 4.90 Å². The van der Waals surface area contributed by atoms with Crippen molar-refractivity contribution in [1.82, 2.24) is 24.6 Å². The smallest absolute Gasteiger partial charge is 0.208 e. The summed E-state index contributed by atoms with van der Waals surface area (Å²) in [4.78, 5) is 11.1. The first-order valence-electron chi connectivity index (χ1n) is 7.66. The van der Waals surface area contributed by atoms with Crippen molar-refractivity contribution >= 4 is 0 Å². The maximum absolute atomic E-state index is 5.86. The second-order valence-electron chi connectivity index (χ2n) is 5.87. The van der Waals surface area contributed by atoms with Gasteiger partial charge in [0.15, 0.2) is 0 Å². The highest BCUT2D eigenvalue weighted by Crippen LogP contribution is 2.14. The fourth-order valence-corrected chi connectivity index (χ4v) is 2.76. The zero-order valence-corrected chi connectivity index (χ0v) is 13.7. The molecule has 0 spiro atoms. The van der Waals surface area contributed by atoms with E-state index >= 15 is 0 Å². The molecule has 0 amide bonds. The Bertz CT molecular complexity index is 629. The van der Waals surface area contributed by atoms with Gasteiger partial charge >= 0.3 is 0 Å². The van der Waals surface area contributed by atoms with Crippen molar-refractivity contribution in [1.29, 1.82) is 0 Å². The summed E-state index contributed by atoms with van der Waals surface area (Å²) in [6.45, 7) is 11.7. The molecule has 1 saturated heterocycles. The Hall–Kier alpha value is -1.73. The summed E-state index contributed by atoms with van der Waals surface area (Å²) >= 11 is 0. The summed E-state index contributed by atoms with van der Waals surface area (Å²) in [7, 11) is 0. The molecule has 0 radical (unpaired) electrons. The maximum atomic E-state index is 5.86. The van der Waals surface area contributed by atoms with Crippen LogP contribution >= 0.6 is 0 Å². The van der Waals surface area contributed by atoms with Crippen molar-refractivity contribution in [3.8, 4) is 0 Å². The first kappa shape index (κ1) is 15.2. The Morgan fingerprint density at radius 2 is 2.00 bits per heavy atom. The Balaban J connectivity index is 1.60. The summed E-state index contributed by atoms with van der Waals surface area (Å²) in [6.07, 6.45) is 0.116. The van der Waals surface area contributed by atoms with E-state index in [1.165, 1.54) is 0 Å². The first-order valence-corrected chi connectivity index (χ1v) is 7.66. The van der Waals surface area contributed by atoms with Gasteiger partial charge in [-0.15, -0.1) is 0 Å². The summed E-state index contributed by atoms with van der Waals surface area (Å²) < 4.78 is 13.5. The molecule has 2 aromatic heterocycles. The fourth-order valence-electron chi connectivity index (χ4n) is 2.76. The number of oxazole rings is 1. The van der Waals surface area contributed by atoms with Gasteiger partial charge in [-0.25, -0.2) is 14.6 Å². The van der Waals surface area contributed by atoms with Crippen LogP contribution in [0.5, 0.6) is 0 Å². The monoisotopic (exact) mass is 305 g/mol. The van der Waals surface area contributed by atoms with Crippen LogP contribution in [0.4, 0.5) is 0 Å². The van der Waals surface area contributed by atoms with E-state index in [0.29, 0.717) is 0 Å². The van der Waals surface area contributed by atoms with Gasteiger partial charge in [-0.05, 0) is 27.7 Å². The normalized spacial score (nSPS) is 19.7. The zero-order chi connectivity index (χ0) is 15.7. The minimum Gasteiger partial charge on any atom is -0.444 e. The van der Waals surface area contributed by atoms with Gasteiger partial charge < -0.3 is 9.15 Å².